The SMILES string of the molecule is CCOC(=O)CN1C(=O)[C@@H](N2C(=O)c3ccccc3C2=O)Cc2ccccc2C1c1ccc(Br)cc1. The Balaban J connectivity index is 1.65. The highest BCUT2D eigenvalue weighted by atomic mass is 79.9. The summed E-state index contributed by atoms with van der Waals surface area (Å²) in [6.07, 6.45) is 0.146. The maximum atomic E-state index is 14.2. The van der Waals surface area contributed by atoms with Crippen molar-refractivity contribution >= 4 is 39.6 Å². The van der Waals surface area contributed by atoms with E-state index in [0.29, 0.717) is 0 Å². The second-order valence-corrected chi connectivity index (χ2v) is 9.59. The van der Waals surface area contributed by atoms with Crippen LogP contribution in [-0.4, -0.2) is 52.7 Å². The monoisotopic (exact) mass is 546 g/mol. The largest absolute Gasteiger partial charge is 0.465 e. The zero-order chi connectivity index (χ0) is 25.4. The third kappa shape index (κ3) is 4.11. The second kappa shape index (κ2) is 9.70. The summed E-state index contributed by atoms with van der Waals surface area (Å²) in [5.74, 6) is -2.07. The number of nitrogens with zero attached hydrogens (tertiary/aromatic N) is 2. The summed E-state index contributed by atoms with van der Waals surface area (Å²) in [5, 5.41) is 0. The first-order valence-electron chi connectivity index (χ1n) is 11.7. The highest BCUT2D eigenvalue weighted by Gasteiger charge is 2.47. The van der Waals surface area contributed by atoms with Crippen molar-refractivity contribution in [2.24, 2.45) is 0 Å². The van der Waals surface area contributed by atoms with Crippen LogP contribution in [0.2, 0.25) is 0 Å². The Kier molecular flexibility index (Phi) is 6.45. The van der Waals surface area contributed by atoms with Gasteiger partial charge in [0.05, 0.1) is 23.8 Å². The number of esters is 1. The van der Waals surface area contributed by atoms with E-state index >= 15 is 0 Å². The first kappa shape index (κ1) is 23.9. The van der Waals surface area contributed by atoms with E-state index in [1.807, 2.05) is 48.5 Å². The Bertz CT molecular complexity index is 1340. The highest BCUT2D eigenvalue weighted by molar-refractivity contribution is 9.10. The van der Waals surface area contributed by atoms with Gasteiger partial charge in [0, 0.05) is 10.9 Å². The summed E-state index contributed by atoms with van der Waals surface area (Å²) in [4.78, 5) is 56.0. The van der Waals surface area contributed by atoms with Gasteiger partial charge in [0.15, 0.2) is 0 Å². The third-order valence-corrected chi connectivity index (χ3v) is 7.10. The average Bonchev–Trinajstić information content (AvgIpc) is 3.06. The van der Waals surface area contributed by atoms with Gasteiger partial charge in [-0.3, -0.25) is 24.1 Å². The minimum Gasteiger partial charge on any atom is -0.465 e. The number of ether oxygens (including phenoxy) is 1. The number of benzene rings is 3. The molecule has 8 heteroatoms. The van der Waals surface area contributed by atoms with Crippen LogP contribution in [0.25, 0.3) is 0 Å². The standard InChI is InChI=1S/C28H23BrN2O5/c1-2-36-24(32)16-30-25(17-11-13-19(29)14-12-17)20-8-4-3-7-18(20)15-23(28(30)35)31-26(33)21-9-5-6-10-22(21)27(31)34/h3-14,23,25H,2,15-16H2,1H3/t23-,25?/m0/s1. The van der Waals surface area contributed by atoms with Crippen molar-refractivity contribution in [3.63, 3.8) is 0 Å². The van der Waals surface area contributed by atoms with E-state index in [9.17, 15) is 19.2 Å². The molecule has 7 nitrogen and oxygen atoms in total. The molecule has 3 aromatic carbocycles. The average molecular weight is 547 g/mol. The maximum absolute atomic E-state index is 14.2. The van der Waals surface area contributed by atoms with Crippen molar-refractivity contribution < 1.29 is 23.9 Å². The molecule has 2 heterocycles. The highest BCUT2D eigenvalue weighted by Crippen LogP contribution is 2.38. The molecule has 0 fully saturated rings. The van der Waals surface area contributed by atoms with Gasteiger partial charge in [-0.1, -0.05) is 64.5 Å². The molecular formula is C28H23BrN2O5. The molecule has 0 saturated heterocycles. The van der Waals surface area contributed by atoms with Gasteiger partial charge in [0.1, 0.15) is 12.6 Å². The summed E-state index contributed by atoms with van der Waals surface area (Å²) in [5.41, 5.74) is 3.00. The number of hydrogen-bond acceptors (Lipinski definition) is 5. The molecule has 0 N–H and O–H groups in total. The number of imide groups is 1. The van der Waals surface area contributed by atoms with Crippen molar-refractivity contribution in [2.75, 3.05) is 13.2 Å². The minimum atomic E-state index is -1.10. The van der Waals surface area contributed by atoms with Crippen LogP contribution in [0.3, 0.4) is 0 Å². The molecule has 0 aromatic heterocycles. The van der Waals surface area contributed by atoms with Crippen LogP contribution < -0.4 is 0 Å². The summed E-state index contributed by atoms with van der Waals surface area (Å²) in [6.45, 7) is 1.55. The fourth-order valence-corrected chi connectivity index (χ4v) is 5.25. The molecule has 0 radical (unpaired) electrons. The molecule has 3 aromatic rings. The van der Waals surface area contributed by atoms with Crippen LogP contribution >= 0.6 is 15.9 Å². The van der Waals surface area contributed by atoms with E-state index < -0.39 is 35.8 Å². The summed E-state index contributed by atoms with van der Waals surface area (Å²) in [7, 11) is 0. The number of fused-ring (bicyclic) bond motifs is 2. The van der Waals surface area contributed by atoms with Crippen molar-refractivity contribution in [3.8, 4) is 0 Å². The molecule has 182 valence electrons. The van der Waals surface area contributed by atoms with Crippen LogP contribution in [0.1, 0.15) is 50.4 Å². The molecule has 3 amide bonds. The predicted molar refractivity (Wildman–Crippen MR) is 135 cm³/mol. The van der Waals surface area contributed by atoms with E-state index in [2.05, 4.69) is 15.9 Å². The number of carbonyl (C=O) groups is 4. The van der Waals surface area contributed by atoms with Gasteiger partial charge in [-0.25, -0.2) is 0 Å². The smallest absolute Gasteiger partial charge is 0.325 e. The van der Waals surface area contributed by atoms with E-state index in [1.54, 1.807) is 31.2 Å². The lowest BCUT2D eigenvalue weighted by molar-refractivity contribution is -0.151. The molecule has 0 spiro atoms. The Hall–Kier alpha value is -3.78. The lowest BCUT2D eigenvalue weighted by Gasteiger charge is -2.33. The van der Waals surface area contributed by atoms with E-state index in [-0.39, 0.29) is 30.7 Å². The molecule has 0 saturated carbocycles. The Morgan fingerprint density at radius 3 is 2.17 bits per heavy atom. The Morgan fingerprint density at radius 1 is 0.917 bits per heavy atom. The van der Waals surface area contributed by atoms with Gasteiger partial charge < -0.3 is 9.64 Å². The van der Waals surface area contributed by atoms with Gasteiger partial charge >= 0.3 is 5.97 Å². The molecule has 2 aliphatic heterocycles. The summed E-state index contributed by atoms with van der Waals surface area (Å²) < 4.78 is 6.07. The fourth-order valence-electron chi connectivity index (χ4n) is 4.98. The van der Waals surface area contributed by atoms with Gasteiger partial charge in [0.25, 0.3) is 11.8 Å². The molecule has 0 bridgehead atoms. The molecular weight excluding hydrogens is 524 g/mol. The zero-order valence-corrected chi connectivity index (χ0v) is 21.1. The first-order chi connectivity index (χ1) is 17.4. The van der Waals surface area contributed by atoms with Gasteiger partial charge in [0.2, 0.25) is 5.91 Å². The van der Waals surface area contributed by atoms with Crippen LogP contribution in [0.15, 0.2) is 77.3 Å². The topological polar surface area (TPSA) is 84.0 Å². The number of hydrogen-bond donors (Lipinski definition) is 0. The molecule has 0 aliphatic carbocycles. The Morgan fingerprint density at radius 2 is 1.53 bits per heavy atom. The van der Waals surface area contributed by atoms with Crippen molar-refractivity contribution in [1.29, 1.82) is 0 Å². The molecule has 5 rings (SSSR count). The number of amides is 3. The molecule has 2 aliphatic rings. The lowest BCUT2D eigenvalue weighted by Crippen LogP contribution is -2.52. The summed E-state index contributed by atoms with van der Waals surface area (Å²) >= 11 is 3.45. The van der Waals surface area contributed by atoms with Crippen LogP contribution in [0.5, 0.6) is 0 Å². The zero-order valence-electron chi connectivity index (χ0n) is 19.5. The van der Waals surface area contributed by atoms with Crippen LogP contribution in [0, 0.1) is 0 Å². The van der Waals surface area contributed by atoms with Crippen molar-refractivity contribution in [2.45, 2.75) is 25.4 Å². The van der Waals surface area contributed by atoms with Gasteiger partial charge in [-0.2, -0.15) is 0 Å². The van der Waals surface area contributed by atoms with Gasteiger partial charge in [-0.15, -0.1) is 0 Å². The van der Waals surface area contributed by atoms with Crippen LogP contribution in [0.4, 0.5) is 0 Å². The quantitative estimate of drug-likeness (QED) is 0.354. The van der Waals surface area contributed by atoms with E-state index in [4.69, 9.17) is 4.74 Å². The second-order valence-electron chi connectivity index (χ2n) is 8.67. The van der Waals surface area contributed by atoms with Crippen molar-refractivity contribution in [1.82, 2.24) is 9.80 Å². The number of carbonyl (C=O) groups excluding carboxylic acids is 4. The van der Waals surface area contributed by atoms with Gasteiger partial charge in [-0.05, 0) is 47.9 Å². The fraction of sp³-hybridized carbons (Fsp3) is 0.214. The van der Waals surface area contributed by atoms with Crippen molar-refractivity contribution in [3.05, 3.63) is 105 Å². The van der Waals surface area contributed by atoms with Crippen LogP contribution in [-0.2, 0) is 20.7 Å². The minimum absolute atomic E-state index is 0.146. The number of rotatable bonds is 5. The summed E-state index contributed by atoms with van der Waals surface area (Å²) in [6, 6.07) is 19.9. The number of halogens is 1. The molecule has 2 atom stereocenters. The Labute approximate surface area is 216 Å². The lowest BCUT2D eigenvalue weighted by atomic mass is 9.93. The van der Waals surface area contributed by atoms with E-state index in [0.717, 1.165) is 26.1 Å². The molecule has 36 heavy (non-hydrogen) atoms. The molecule has 1 unspecified atom stereocenters. The first-order valence-corrected chi connectivity index (χ1v) is 12.5. The normalized spacial score (nSPS) is 19.1. The van der Waals surface area contributed by atoms with E-state index in [1.165, 1.54) is 4.90 Å². The predicted octanol–water partition coefficient (Wildman–Crippen LogP) is 4.15. The third-order valence-electron chi connectivity index (χ3n) is 6.57. The maximum Gasteiger partial charge on any atom is 0.325 e.